The van der Waals surface area contributed by atoms with Gasteiger partial charge in [-0.05, 0) is 11.1 Å². The highest BCUT2D eigenvalue weighted by Gasteiger charge is 2.22. The lowest BCUT2D eigenvalue weighted by Gasteiger charge is -2.08. The minimum absolute atomic E-state index is 0.491. The van der Waals surface area contributed by atoms with Crippen LogP contribution in [0.15, 0.2) is 91.0 Å². The van der Waals surface area contributed by atoms with Crippen LogP contribution >= 0.6 is 0 Å². The van der Waals surface area contributed by atoms with Crippen LogP contribution in [0, 0.1) is 0 Å². The normalized spacial score (nSPS) is 11.1. The highest BCUT2D eigenvalue weighted by atomic mass is 15.1. The average molecular weight is 376 g/mol. The molecule has 0 bridgehead atoms. The molecule has 2 heterocycles. The van der Waals surface area contributed by atoms with Gasteiger partial charge >= 0.3 is 0 Å². The Labute approximate surface area is 169 Å². The maximum Gasteiger partial charge on any atom is 0.163 e. The smallest absolute Gasteiger partial charge is 0.163 e. The summed E-state index contributed by atoms with van der Waals surface area (Å²) >= 11 is 0. The van der Waals surface area contributed by atoms with Gasteiger partial charge in [0.15, 0.2) is 5.82 Å². The van der Waals surface area contributed by atoms with E-state index in [1.807, 2.05) is 73.8 Å². The van der Waals surface area contributed by atoms with Crippen LogP contribution in [-0.2, 0) is 7.05 Å². The molecule has 0 amide bonds. The highest BCUT2D eigenvalue weighted by molar-refractivity contribution is 6.08. The predicted molar refractivity (Wildman–Crippen MR) is 119 cm³/mol. The van der Waals surface area contributed by atoms with Gasteiger partial charge in [0, 0.05) is 18.2 Å². The van der Waals surface area contributed by atoms with E-state index in [0.29, 0.717) is 11.6 Å². The minimum Gasteiger partial charge on any atom is -0.383 e. The van der Waals surface area contributed by atoms with Gasteiger partial charge in [-0.3, -0.25) is 0 Å². The van der Waals surface area contributed by atoms with E-state index in [-0.39, 0.29) is 0 Å². The zero-order chi connectivity index (χ0) is 19.8. The first-order chi connectivity index (χ1) is 14.2. The Balaban J connectivity index is 1.88. The Kier molecular flexibility index (Phi) is 4.10. The van der Waals surface area contributed by atoms with Crippen LogP contribution < -0.4 is 5.73 Å². The molecule has 0 aliphatic carbocycles. The molecule has 0 fully saturated rings. The standard InChI is InChI=1S/C25H20N4/c1-29-22(18-13-7-3-8-14-18)20(17-11-5-2-6-12-17)21-23(26)27-24(28-25(21)29)19-15-9-4-10-16-19/h2-16H,1H3,(H2,26,27,28). The van der Waals surface area contributed by atoms with Gasteiger partial charge in [-0.25, -0.2) is 9.97 Å². The fourth-order valence-corrected chi connectivity index (χ4v) is 3.88. The molecule has 0 aliphatic rings. The second-order valence-corrected chi connectivity index (χ2v) is 7.01. The number of hydrogen-bond donors (Lipinski definition) is 1. The zero-order valence-electron chi connectivity index (χ0n) is 16.1. The number of nitrogen functional groups attached to an aromatic ring is 1. The Hall–Kier alpha value is -3.92. The maximum absolute atomic E-state index is 6.53. The highest BCUT2D eigenvalue weighted by Crippen LogP contribution is 2.42. The van der Waals surface area contributed by atoms with Crippen LogP contribution in [0.25, 0.3) is 44.8 Å². The molecular formula is C25H20N4. The molecule has 2 aromatic heterocycles. The molecule has 0 saturated heterocycles. The molecule has 140 valence electrons. The van der Waals surface area contributed by atoms with Crippen LogP contribution in [-0.4, -0.2) is 14.5 Å². The van der Waals surface area contributed by atoms with Crippen LogP contribution in [0.3, 0.4) is 0 Å². The van der Waals surface area contributed by atoms with Gasteiger partial charge in [0.1, 0.15) is 11.5 Å². The summed E-state index contributed by atoms with van der Waals surface area (Å²) in [5, 5.41) is 0.886. The molecule has 0 aliphatic heterocycles. The zero-order valence-corrected chi connectivity index (χ0v) is 16.1. The molecule has 4 heteroatoms. The number of anilines is 1. The van der Waals surface area contributed by atoms with E-state index in [1.165, 1.54) is 0 Å². The van der Waals surface area contributed by atoms with E-state index in [9.17, 15) is 0 Å². The molecule has 3 aromatic carbocycles. The second kappa shape index (κ2) is 6.91. The Morgan fingerprint density at radius 3 is 1.76 bits per heavy atom. The number of fused-ring (bicyclic) bond motifs is 1. The topological polar surface area (TPSA) is 56.7 Å². The third-order valence-electron chi connectivity index (χ3n) is 5.20. The lowest BCUT2D eigenvalue weighted by atomic mass is 9.99. The summed E-state index contributed by atoms with van der Waals surface area (Å²) in [5.41, 5.74) is 12.7. The van der Waals surface area contributed by atoms with Gasteiger partial charge in [-0.15, -0.1) is 0 Å². The first-order valence-corrected chi connectivity index (χ1v) is 9.56. The third kappa shape index (κ3) is 2.86. The van der Waals surface area contributed by atoms with Crippen molar-refractivity contribution >= 4 is 16.9 Å². The molecule has 4 nitrogen and oxygen atoms in total. The molecule has 0 saturated carbocycles. The molecule has 0 unspecified atom stereocenters. The number of benzene rings is 3. The Bertz CT molecular complexity index is 1290. The van der Waals surface area contributed by atoms with Crippen LogP contribution in [0.5, 0.6) is 0 Å². The summed E-state index contributed by atoms with van der Waals surface area (Å²) in [7, 11) is 2.04. The van der Waals surface area contributed by atoms with Gasteiger partial charge in [0.05, 0.1) is 11.1 Å². The number of aromatic nitrogens is 3. The van der Waals surface area contributed by atoms with Crippen LogP contribution in [0.4, 0.5) is 5.82 Å². The van der Waals surface area contributed by atoms with E-state index >= 15 is 0 Å². The van der Waals surface area contributed by atoms with Crippen molar-refractivity contribution < 1.29 is 0 Å². The van der Waals surface area contributed by atoms with Crippen LogP contribution in [0.2, 0.25) is 0 Å². The number of nitrogens with zero attached hydrogens (tertiary/aromatic N) is 3. The van der Waals surface area contributed by atoms with Gasteiger partial charge < -0.3 is 10.3 Å². The number of nitrogens with two attached hydrogens (primary N) is 1. The summed E-state index contributed by atoms with van der Waals surface area (Å²) in [6.07, 6.45) is 0. The van der Waals surface area contributed by atoms with E-state index < -0.39 is 0 Å². The average Bonchev–Trinajstić information content (AvgIpc) is 3.08. The van der Waals surface area contributed by atoms with Crippen LogP contribution in [0.1, 0.15) is 0 Å². The molecule has 0 spiro atoms. The molecule has 2 N–H and O–H groups in total. The largest absolute Gasteiger partial charge is 0.383 e. The lowest BCUT2D eigenvalue weighted by Crippen LogP contribution is -1.99. The fraction of sp³-hybridized carbons (Fsp3) is 0.0400. The van der Waals surface area contributed by atoms with Crippen molar-refractivity contribution in [3.05, 3.63) is 91.0 Å². The SMILES string of the molecule is Cn1c(-c2ccccc2)c(-c2ccccc2)c2c(N)nc(-c3ccccc3)nc21. The first kappa shape index (κ1) is 17.2. The first-order valence-electron chi connectivity index (χ1n) is 9.56. The molecule has 0 atom stereocenters. The lowest BCUT2D eigenvalue weighted by molar-refractivity contribution is 0.954. The quantitative estimate of drug-likeness (QED) is 0.449. The molecule has 29 heavy (non-hydrogen) atoms. The van der Waals surface area contributed by atoms with Crippen molar-refractivity contribution in [3.8, 4) is 33.8 Å². The van der Waals surface area contributed by atoms with Crippen molar-refractivity contribution in [2.45, 2.75) is 0 Å². The molecular weight excluding hydrogens is 356 g/mol. The third-order valence-corrected chi connectivity index (χ3v) is 5.20. The predicted octanol–water partition coefficient (Wildman–Crippen LogP) is 5.55. The van der Waals surface area contributed by atoms with Gasteiger partial charge in [0.25, 0.3) is 0 Å². The van der Waals surface area contributed by atoms with Crippen molar-refractivity contribution in [2.75, 3.05) is 5.73 Å². The van der Waals surface area contributed by atoms with Crippen molar-refractivity contribution in [1.82, 2.24) is 14.5 Å². The second-order valence-electron chi connectivity index (χ2n) is 7.01. The van der Waals surface area contributed by atoms with E-state index in [2.05, 4.69) is 33.8 Å². The van der Waals surface area contributed by atoms with E-state index in [0.717, 1.165) is 39.0 Å². The van der Waals surface area contributed by atoms with Gasteiger partial charge in [-0.1, -0.05) is 91.0 Å². The van der Waals surface area contributed by atoms with E-state index in [1.54, 1.807) is 0 Å². The van der Waals surface area contributed by atoms with E-state index in [4.69, 9.17) is 10.7 Å². The van der Waals surface area contributed by atoms with Crippen molar-refractivity contribution in [2.24, 2.45) is 7.05 Å². The summed E-state index contributed by atoms with van der Waals surface area (Å²) in [6, 6.07) is 30.6. The maximum atomic E-state index is 6.53. The van der Waals surface area contributed by atoms with Gasteiger partial charge in [-0.2, -0.15) is 0 Å². The number of aryl methyl sites for hydroxylation is 1. The summed E-state index contributed by atoms with van der Waals surface area (Å²) < 4.78 is 2.12. The molecule has 5 rings (SSSR count). The number of rotatable bonds is 3. The number of hydrogen-bond acceptors (Lipinski definition) is 3. The summed E-state index contributed by atoms with van der Waals surface area (Å²) in [5.74, 6) is 1.13. The fourth-order valence-electron chi connectivity index (χ4n) is 3.88. The Morgan fingerprint density at radius 2 is 1.17 bits per heavy atom. The summed E-state index contributed by atoms with van der Waals surface area (Å²) in [4.78, 5) is 9.57. The summed E-state index contributed by atoms with van der Waals surface area (Å²) in [6.45, 7) is 0. The Morgan fingerprint density at radius 1 is 0.655 bits per heavy atom. The van der Waals surface area contributed by atoms with Gasteiger partial charge in [0.2, 0.25) is 0 Å². The van der Waals surface area contributed by atoms with Crippen molar-refractivity contribution in [1.29, 1.82) is 0 Å². The monoisotopic (exact) mass is 376 g/mol. The molecule has 0 radical (unpaired) electrons. The minimum atomic E-state index is 0.491. The van der Waals surface area contributed by atoms with Crippen molar-refractivity contribution in [3.63, 3.8) is 0 Å². The molecule has 5 aromatic rings.